The van der Waals surface area contributed by atoms with Crippen LogP contribution < -0.4 is 14.8 Å². The fourth-order valence-electron chi connectivity index (χ4n) is 5.93. The Labute approximate surface area is 283 Å². The van der Waals surface area contributed by atoms with E-state index in [2.05, 4.69) is 5.32 Å². The Morgan fingerprint density at radius 3 is 2.10 bits per heavy atom. The Morgan fingerprint density at radius 2 is 1.44 bits per heavy atom. The summed E-state index contributed by atoms with van der Waals surface area (Å²) >= 11 is 0. The first-order chi connectivity index (χ1) is 23.3. The Morgan fingerprint density at radius 1 is 0.792 bits per heavy atom. The van der Waals surface area contributed by atoms with Crippen molar-refractivity contribution in [2.24, 2.45) is 0 Å². The summed E-state index contributed by atoms with van der Waals surface area (Å²) in [4.78, 5) is 30.1. The van der Waals surface area contributed by atoms with Gasteiger partial charge in [0.2, 0.25) is 21.8 Å². The number of hydrogen-bond acceptors (Lipinski definition) is 6. The standard InChI is InChI=1S/C38H43N3O6S/c1-46-33-19-14-31(15-20-33)28-41(37(42)23-18-29-16-21-34(22-17-29)48(44,45)40-24-8-9-25-40)35(26-30-10-4-3-5-11-30)38(43)39-27-32-12-6-7-13-36(32)47-2/h3-7,10-17,19-22,35H,8-9,18,23-28H2,1-2H3,(H,39,43)/t35-/m1/s1. The predicted octanol–water partition coefficient (Wildman–Crippen LogP) is 5.38. The molecule has 0 aromatic heterocycles. The van der Waals surface area contributed by atoms with Crippen molar-refractivity contribution in [1.82, 2.24) is 14.5 Å². The molecule has 0 spiro atoms. The smallest absolute Gasteiger partial charge is 0.243 e. The number of rotatable bonds is 15. The molecule has 1 fully saturated rings. The molecule has 1 aliphatic heterocycles. The van der Waals surface area contributed by atoms with Gasteiger partial charge in [0.05, 0.1) is 19.1 Å². The maximum atomic E-state index is 14.2. The molecule has 2 amide bonds. The molecule has 5 rings (SSSR count). The molecule has 0 radical (unpaired) electrons. The molecule has 4 aromatic carbocycles. The van der Waals surface area contributed by atoms with Gasteiger partial charge in [-0.25, -0.2) is 8.42 Å². The zero-order valence-corrected chi connectivity index (χ0v) is 28.3. The molecule has 1 aliphatic rings. The van der Waals surface area contributed by atoms with E-state index in [0.717, 1.165) is 35.1 Å². The third kappa shape index (κ3) is 8.81. The van der Waals surface area contributed by atoms with Crippen molar-refractivity contribution in [2.45, 2.75) is 56.1 Å². The van der Waals surface area contributed by atoms with Crippen molar-refractivity contribution in [1.29, 1.82) is 0 Å². The highest BCUT2D eigenvalue weighted by Crippen LogP contribution is 2.23. The molecule has 1 N–H and O–H groups in total. The third-order valence-corrected chi connectivity index (χ3v) is 10.6. The monoisotopic (exact) mass is 669 g/mol. The fraction of sp³-hybridized carbons (Fsp3) is 0.316. The SMILES string of the molecule is COc1ccc(CN(C(=O)CCc2ccc(S(=O)(=O)N3CCCC3)cc2)[C@H](Cc2ccccc2)C(=O)NCc2ccccc2OC)cc1. The van der Waals surface area contributed by atoms with Crippen LogP contribution in [0.5, 0.6) is 11.5 Å². The summed E-state index contributed by atoms with van der Waals surface area (Å²) in [7, 11) is -0.334. The lowest BCUT2D eigenvalue weighted by Gasteiger charge is -2.32. The molecule has 10 heteroatoms. The molecule has 0 unspecified atom stereocenters. The topological polar surface area (TPSA) is 105 Å². The molecule has 0 saturated carbocycles. The van der Waals surface area contributed by atoms with Crippen LogP contribution in [0, 0.1) is 0 Å². The largest absolute Gasteiger partial charge is 0.497 e. The van der Waals surface area contributed by atoms with Crippen LogP contribution in [0.4, 0.5) is 0 Å². The summed E-state index contributed by atoms with van der Waals surface area (Å²) in [5.74, 6) is 0.904. The average Bonchev–Trinajstić information content (AvgIpc) is 3.68. The zero-order valence-electron chi connectivity index (χ0n) is 27.5. The van der Waals surface area contributed by atoms with Crippen LogP contribution in [-0.4, -0.2) is 62.8 Å². The van der Waals surface area contributed by atoms with E-state index in [1.54, 1.807) is 43.4 Å². The maximum absolute atomic E-state index is 14.2. The van der Waals surface area contributed by atoms with Gasteiger partial charge in [0, 0.05) is 44.6 Å². The summed E-state index contributed by atoms with van der Waals surface area (Å²) in [6.07, 6.45) is 2.60. The highest BCUT2D eigenvalue weighted by atomic mass is 32.2. The van der Waals surface area contributed by atoms with Gasteiger partial charge in [-0.3, -0.25) is 9.59 Å². The number of carbonyl (C=O) groups is 2. The molecule has 1 atom stereocenters. The second-order valence-electron chi connectivity index (χ2n) is 11.9. The number of amides is 2. The summed E-state index contributed by atoms with van der Waals surface area (Å²) in [5.41, 5.74) is 3.46. The number of nitrogens with zero attached hydrogens (tertiary/aromatic N) is 2. The van der Waals surface area contributed by atoms with Gasteiger partial charge in [0.15, 0.2) is 0 Å². The van der Waals surface area contributed by atoms with Gasteiger partial charge in [0.25, 0.3) is 0 Å². The normalized spacial score (nSPS) is 13.9. The summed E-state index contributed by atoms with van der Waals surface area (Å²) in [5, 5.41) is 3.06. The van der Waals surface area contributed by atoms with Crippen molar-refractivity contribution in [2.75, 3.05) is 27.3 Å². The van der Waals surface area contributed by atoms with Crippen molar-refractivity contribution in [3.8, 4) is 11.5 Å². The van der Waals surface area contributed by atoms with Gasteiger partial charge in [-0.15, -0.1) is 0 Å². The van der Waals surface area contributed by atoms with E-state index in [0.29, 0.717) is 37.4 Å². The average molecular weight is 670 g/mol. The maximum Gasteiger partial charge on any atom is 0.243 e. The lowest BCUT2D eigenvalue weighted by molar-refractivity contribution is -0.141. The quantitative estimate of drug-likeness (QED) is 0.182. The fourth-order valence-corrected chi connectivity index (χ4v) is 7.45. The van der Waals surface area contributed by atoms with Crippen LogP contribution in [0.25, 0.3) is 0 Å². The van der Waals surface area contributed by atoms with Crippen LogP contribution in [0.1, 0.15) is 41.5 Å². The van der Waals surface area contributed by atoms with E-state index in [1.807, 2.05) is 78.9 Å². The van der Waals surface area contributed by atoms with Gasteiger partial charge >= 0.3 is 0 Å². The molecule has 1 heterocycles. The minimum Gasteiger partial charge on any atom is -0.497 e. The highest BCUT2D eigenvalue weighted by Gasteiger charge is 2.31. The predicted molar refractivity (Wildman–Crippen MR) is 185 cm³/mol. The molecule has 0 aliphatic carbocycles. The van der Waals surface area contributed by atoms with Crippen LogP contribution in [0.3, 0.4) is 0 Å². The third-order valence-electron chi connectivity index (χ3n) is 8.68. The molecule has 0 bridgehead atoms. The molecule has 4 aromatic rings. The van der Waals surface area contributed by atoms with Gasteiger partial charge in [-0.05, 0) is 66.3 Å². The van der Waals surface area contributed by atoms with Gasteiger partial charge in [-0.1, -0.05) is 72.8 Å². The van der Waals surface area contributed by atoms with Gasteiger partial charge < -0.3 is 19.7 Å². The lowest BCUT2D eigenvalue weighted by Crippen LogP contribution is -2.50. The van der Waals surface area contributed by atoms with Crippen LogP contribution in [-0.2, 0) is 45.5 Å². The Bertz CT molecular complexity index is 1760. The second-order valence-corrected chi connectivity index (χ2v) is 13.8. The van der Waals surface area contributed by atoms with E-state index in [9.17, 15) is 18.0 Å². The Kier molecular flexibility index (Phi) is 11.9. The van der Waals surface area contributed by atoms with Crippen LogP contribution in [0.15, 0.2) is 108 Å². The first-order valence-corrected chi connectivity index (χ1v) is 17.7. The Balaban J connectivity index is 1.38. The number of hydrogen-bond donors (Lipinski definition) is 1. The van der Waals surface area contributed by atoms with Crippen molar-refractivity contribution < 1.29 is 27.5 Å². The number of ether oxygens (including phenoxy) is 2. The van der Waals surface area contributed by atoms with E-state index >= 15 is 0 Å². The summed E-state index contributed by atoms with van der Waals surface area (Å²) < 4.78 is 38.3. The molecule has 48 heavy (non-hydrogen) atoms. The number of methoxy groups -OCH3 is 2. The first kappa shape index (κ1) is 34.7. The molecular weight excluding hydrogens is 627 g/mol. The molecule has 1 saturated heterocycles. The zero-order chi connectivity index (χ0) is 33.9. The molecular formula is C38H43N3O6S. The highest BCUT2D eigenvalue weighted by molar-refractivity contribution is 7.89. The summed E-state index contributed by atoms with van der Waals surface area (Å²) in [6, 6.07) is 30.6. The minimum atomic E-state index is -3.52. The second kappa shape index (κ2) is 16.4. The van der Waals surface area contributed by atoms with E-state index in [-0.39, 0.29) is 36.2 Å². The van der Waals surface area contributed by atoms with Gasteiger partial charge in [0.1, 0.15) is 17.5 Å². The number of sulfonamides is 1. The van der Waals surface area contributed by atoms with E-state index in [1.165, 1.54) is 4.31 Å². The number of benzene rings is 4. The minimum absolute atomic E-state index is 0.138. The van der Waals surface area contributed by atoms with E-state index in [4.69, 9.17) is 9.47 Å². The van der Waals surface area contributed by atoms with Crippen molar-refractivity contribution >= 4 is 21.8 Å². The van der Waals surface area contributed by atoms with Gasteiger partial charge in [-0.2, -0.15) is 4.31 Å². The Hall–Kier alpha value is -4.67. The number of nitrogens with one attached hydrogen (secondary N) is 1. The number of para-hydroxylation sites is 1. The first-order valence-electron chi connectivity index (χ1n) is 16.2. The lowest BCUT2D eigenvalue weighted by atomic mass is 10.0. The van der Waals surface area contributed by atoms with E-state index < -0.39 is 16.1 Å². The molecule has 9 nitrogen and oxygen atoms in total. The van der Waals surface area contributed by atoms with Crippen LogP contribution >= 0.6 is 0 Å². The number of carbonyl (C=O) groups excluding carboxylic acids is 2. The van der Waals surface area contributed by atoms with Crippen molar-refractivity contribution in [3.63, 3.8) is 0 Å². The van der Waals surface area contributed by atoms with Crippen molar-refractivity contribution in [3.05, 3.63) is 125 Å². The summed E-state index contributed by atoms with van der Waals surface area (Å²) in [6.45, 7) is 1.54. The number of aryl methyl sites for hydroxylation is 1. The van der Waals surface area contributed by atoms with Crippen LogP contribution in [0.2, 0.25) is 0 Å². The molecule has 252 valence electrons.